The van der Waals surface area contributed by atoms with Crippen molar-refractivity contribution in [2.75, 3.05) is 6.61 Å². The number of hydrogen-bond donors (Lipinski definition) is 1. The highest BCUT2D eigenvalue weighted by molar-refractivity contribution is 5.71. The molecule has 3 rings (SSSR count). The summed E-state index contributed by atoms with van der Waals surface area (Å²) >= 11 is 0. The van der Waals surface area contributed by atoms with Gasteiger partial charge in [0.2, 0.25) is 0 Å². The maximum Gasteiger partial charge on any atom is 0.407 e. The molecular formula is C11H17NO2. The second-order valence-electron chi connectivity index (χ2n) is 5.60. The van der Waals surface area contributed by atoms with Crippen molar-refractivity contribution in [2.45, 2.75) is 38.6 Å². The lowest BCUT2D eigenvalue weighted by Crippen LogP contribution is -2.58. The van der Waals surface area contributed by atoms with Crippen molar-refractivity contribution in [3.8, 4) is 0 Å². The van der Waals surface area contributed by atoms with Gasteiger partial charge in [0, 0.05) is 0 Å². The number of alkyl carbamates (subject to hydrolysis) is 1. The minimum Gasteiger partial charge on any atom is -0.447 e. The van der Waals surface area contributed by atoms with Gasteiger partial charge in [-0.05, 0) is 36.5 Å². The number of amides is 1. The van der Waals surface area contributed by atoms with Gasteiger partial charge in [-0.2, -0.15) is 0 Å². The monoisotopic (exact) mass is 195 g/mol. The first kappa shape index (κ1) is 8.57. The van der Waals surface area contributed by atoms with Crippen LogP contribution in [0.15, 0.2) is 0 Å². The van der Waals surface area contributed by atoms with Crippen LogP contribution < -0.4 is 5.32 Å². The molecule has 3 nitrogen and oxygen atoms in total. The molecule has 2 bridgehead atoms. The van der Waals surface area contributed by atoms with E-state index in [0.29, 0.717) is 12.5 Å². The van der Waals surface area contributed by atoms with Gasteiger partial charge < -0.3 is 10.1 Å². The molecule has 0 unspecified atom stereocenters. The first-order chi connectivity index (χ1) is 6.56. The average molecular weight is 195 g/mol. The van der Waals surface area contributed by atoms with E-state index >= 15 is 0 Å². The third-order valence-corrected chi connectivity index (χ3v) is 5.06. The minimum atomic E-state index is -0.217. The Hall–Kier alpha value is -0.730. The fourth-order valence-corrected chi connectivity index (χ4v) is 3.98. The summed E-state index contributed by atoms with van der Waals surface area (Å²) < 4.78 is 5.13. The summed E-state index contributed by atoms with van der Waals surface area (Å²) in [5.41, 5.74) is 0.162. The molecule has 2 aliphatic carbocycles. The number of rotatable bonds is 0. The van der Waals surface area contributed by atoms with Gasteiger partial charge in [-0.3, -0.25) is 0 Å². The summed E-state index contributed by atoms with van der Waals surface area (Å²) in [6, 6.07) is 0. The molecule has 0 aromatic rings. The fourth-order valence-electron chi connectivity index (χ4n) is 3.98. The molecule has 3 heteroatoms. The Balaban J connectivity index is 2.02. The molecule has 0 aromatic heterocycles. The number of fused-ring (bicyclic) bond motifs is 3. The fraction of sp³-hybridized carbons (Fsp3) is 0.909. The van der Waals surface area contributed by atoms with Crippen LogP contribution in [0.25, 0.3) is 0 Å². The van der Waals surface area contributed by atoms with Gasteiger partial charge in [0.25, 0.3) is 0 Å². The Morgan fingerprint density at radius 3 is 2.57 bits per heavy atom. The highest BCUT2D eigenvalue weighted by atomic mass is 16.6. The number of carbonyl (C=O) groups is 1. The van der Waals surface area contributed by atoms with E-state index in [1.165, 1.54) is 19.3 Å². The lowest BCUT2D eigenvalue weighted by Gasteiger charge is -2.45. The van der Waals surface area contributed by atoms with E-state index in [4.69, 9.17) is 4.74 Å². The smallest absolute Gasteiger partial charge is 0.407 e. The molecule has 1 saturated heterocycles. The predicted octanol–water partition coefficient (Wildman–Crippen LogP) is 1.92. The van der Waals surface area contributed by atoms with Crippen molar-refractivity contribution in [1.29, 1.82) is 0 Å². The van der Waals surface area contributed by atoms with Crippen molar-refractivity contribution in [3.63, 3.8) is 0 Å². The van der Waals surface area contributed by atoms with E-state index in [-0.39, 0.29) is 17.0 Å². The van der Waals surface area contributed by atoms with Gasteiger partial charge in [-0.25, -0.2) is 4.79 Å². The molecule has 3 atom stereocenters. The normalized spacial score (nSPS) is 48.3. The average Bonchev–Trinajstić information content (AvgIpc) is 2.72. The lowest BCUT2D eigenvalue weighted by molar-refractivity contribution is 0.0550. The Bertz CT molecular complexity index is 300. The van der Waals surface area contributed by atoms with E-state index < -0.39 is 0 Å². The largest absolute Gasteiger partial charge is 0.447 e. The first-order valence-corrected chi connectivity index (χ1v) is 5.51. The quantitative estimate of drug-likeness (QED) is 0.641. The van der Waals surface area contributed by atoms with Crippen molar-refractivity contribution < 1.29 is 9.53 Å². The molecule has 1 aliphatic heterocycles. The zero-order valence-corrected chi connectivity index (χ0v) is 8.80. The van der Waals surface area contributed by atoms with Crippen LogP contribution in [0.2, 0.25) is 0 Å². The lowest BCUT2D eigenvalue weighted by atomic mass is 9.64. The van der Waals surface area contributed by atoms with E-state index in [1.54, 1.807) is 0 Å². The number of carbonyl (C=O) groups excluding carboxylic acids is 1. The molecule has 3 fully saturated rings. The Morgan fingerprint density at radius 2 is 2.07 bits per heavy atom. The maximum atomic E-state index is 11.2. The molecule has 1 heterocycles. The summed E-state index contributed by atoms with van der Waals surface area (Å²) in [5.74, 6) is 1.42. The summed E-state index contributed by atoms with van der Waals surface area (Å²) in [7, 11) is 0. The highest BCUT2D eigenvalue weighted by Crippen LogP contribution is 2.62. The minimum absolute atomic E-state index is 0.0486. The van der Waals surface area contributed by atoms with Crippen LogP contribution in [0.1, 0.15) is 33.1 Å². The van der Waals surface area contributed by atoms with Crippen molar-refractivity contribution in [2.24, 2.45) is 17.3 Å². The molecule has 14 heavy (non-hydrogen) atoms. The van der Waals surface area contributed by atoms with Crippen LogP contribution >= 0.6 is 0 Å². The van der Waals surface area contributed by atoms with Crippen LogP contribution in [0, 0.1) is 17.3 Å². The number of nitrogens with one attached hydrogen (secondary N) is 1. The zero-order chi connectivity index (χ0) is 9.97. The number of cyclic esters (lactones) is 1. The Labute approximate surface area is 84.2 Å². The van der Waals surface area contributed by atoms with E-state index in [1.807, 2.05) is 0 Å². The molecular weight excluding hydrogens is 178 g/mol. The summed E-state index contributed by atoms with van der Waals surface area (Å²) in [5, 5.41) is 3.09. The van der Waals surface area contributed by atoms with Crippen LogP contribution in [0.3, 0.4) is 0 Å². The molecule has 3 aliphatic rings. The van der Waals surface area contributed by atoms with Crippen molar-refractivity contribution >= 4 is 6.09 Å². The van der Waals surface area contributed by atoms with Crippen molar-refractivity contribution in [1.82, 2.24) is 5.32 Å². The maximum absolute atomic E-state index is 11.2. The number of hydrogen-bond acceptors (Lipinski definition) is 2. The third-order valence-electron chi connectivity index (χ3n) is 5.06. The summed E-state index contributed by atoms with van der Waals surface area (Å²) in [4.78, 5) is 11.2. The number of ether oxygens (including phenoxy) is 1. The molecule has 1 N–H and O–H groups in total. The molecule has 2 saturated carbocycles. The van der Waals surface area contributed by atoms with Gasteiger partial charge >= 0.3 is 6.09 Å². The first-order valence-electron chi connectivity index (χ1n) is 5.51. The molecule has 0 aromatic carbocycles. The summed E-state index contributed by atoms with van der Waals surface area (Å²) in [6.07, 6.45) is 3.65. The Morgan fingerprint density at radius 1 is 1.36 bits per heavy atom. The van der Waals surface area contributed by atoms with E-state index in [2.05, 4.69) is 19.2 Å². The van der Waals surface area contributed by atoms with Crippen molar-refractivity contribution in [3.05, 3.63) is 0 Å². The van der Waals surface area contributed by atoms with Gasteiger partial charge in [0.15, 0.2) is 0 Å². The topological polar surface area (TPSA) is 38.3 Å². The molecule has 0 radical (unpaired) electrons. The third kappa shape index (κ3) is 0.733. The van der Waals surface area contributed by atoms with Crippen LogP contribution in [-0.4, -0.2) is 18.2 Å². The zero-order valence-electron chi connectivity index (χ0n) is 8.80. The van der Waals surface area contributed by atoms with Crippen LogP contribution in [0.4, 0.5) is 4.79 Å². The second-order valence-corrected chi connectivity index (χ2v) is 5.60. The van der Waals surface area contributed by atoms with Gasteiger partial charge in [-0.15, -0.1) is 0 Å². The highest BCUT2D eigenvalue weighted by Gasteiger charge is 2.66. The molecule has 1 amide bonds. The predicted molar refractivity (Wildman–Crippen MR) is 51.8 cm³/mol. The molecule has 78 valence electrons. The van der Waals surface area contributed by atoms with Crippen LogP contribution in [0.5, 0.6) is 0 Å². The van der Waals surface area contributed by atoms with Gasteiger partial charge in [0.1, 0.15) is 6.61 Å². The van der Waals surface area contributed by atoms with Crippen LogP contribution in [-0.2, 0) is 4.74 Å². The molecule has 1 spiro atoms. The SMILES string of the molecule is CC1(C)[C@@H]2CC[C@@H](C2)[C@]12COC(=O)N2. The van der Waals surface area contributed by atoms with Gasteiger partial charge in [-0.1, -0.05) is 13.8 Å². The Kier molecular flexibility index (Phi) is 1.38. The second kappa shape index (κ2) is 2.26. The van der Waals surface area contributed by atoms with E-state index in [0.717, 1.165) is 5.92 Å². The summed E-state index contributed by atoms with van der Waals surface area (Å²) in [6.45, 7) is 5.15. The van der Waals surface area contributed by atoms with E-state index in [9.17, 15) is 4.79 Å². The standard InChI is InChI=1S/C11H17NO2/c1-10(2)7-3-4-8(5-7)11(10)6-14-9(13)12-11/h7-8H,3-6H2,1-2H3,(H,12,13)/t7-,8+,11-/m1/s1. The van der Waals surface area contributed by atoms with Gasteiger partial charge in [0.05, 0.1) is 5.54 Å².